The van der Waals surface area contributed by atoms with E-state index in [1.54, 1.807) is 0 Å². The van der Waals surface area contributed by atoms with Crippen molar-refractivity contribution in [3.8, 4) is 11.4 Å². The van der Waals surface area contributed by atoms with E-state index in [-0.39, 0.29) is 0 Å². The van der Waals surface area contributed by atoms with Gasteiger partial charge in [-0.15, -0.1) is 0 Å². The number of hydrogen-bond donors (Lipinski definition) is 0. The van der Waals surface area contributed by atoms with E-state index >= 15 is 0 Å². The Labute approximate surface area is 127 Å². The summed E-state index contributed by atoms with van der Waals surface area (Å²) in [6.07, 6.45) is 0. The summed E-state index contributed by atoms with van der Waals surface area (Å²) in [6.45, 7) is 0. The Morgan fingerprint density at radius 1 is 0.889 bits per heavy atom. The maximum atomic E-state index is 4.60. The maximum absolute atomic E-state index is 4.60. The largest absolute Gasteiger partial charge is 0.228 e. The highest BCUT2D eigenvalue weighted by Gasteiger charge is 2.06. The van der Waals surface area contributed by atoms with Crippen LogP contribution in [0.2, 0.25) is 0 Å². The fourth-order valence-electron chi connectivity index (χ4n) is 1.77. The summed E-state index contributed by atoms with van der Waals surface area (Å²) in [5.74, 6) is 0.769. The van der Waals surface area contributed by atoms with Crippen molar-refractivity contribution in [2.75, 3.05) is 0 Å². The monoisotopic (exact) mass is 410 g/mol. The number of nitrogens with zero attached hydrogens (tertiary/aromatic N) is 2. The number of benzene rings is 2. The smallest absolute Gasteiger partial charge is 0.160 e. The van der Waals surface area contributed by atoms with Crippen molar-refractivity contribution < 1.29 is 0 Å². The van der Waals surface area contributed by atoms with E-state index in [0.29, 0.717) is 0 Å². The predicted molar refractivity (Wildman–Crippen MR) is 85.4 cm³/mol. The molecule has 0 saturated carbocycles. The van der Waals surface area contributed by atoms with Crippen LogP contribution >= 0.6 is 38.5 Å². The first-order valence-corrected chi connectivity index (χ1v) is 7.29. The fraction of sp³-hybridized carbons (Fsp3) is 0. The molecule has 2 aromatic carbocycles. The van der Waals surface area contributed by atoms with Crippen molar-refractivity contribution in [1.82, 2.24) is 9.97 Å². The van der Waals surface area contributed by atoms with Gasteiger partial charge in [-0.05, 0) is 40.8 Å². The topological polar surface area (TPSA) is 25.8 Å². The molecule has 0 spiro atoms. The maximum Gasteiger partial charge on any atom is 0.160 e. The van der Waals surface area contributed by atoms with Gasteiger partial charge in [0.2, 0.25) is 0 Å². The van der Waals surface area contributed by atoms with Crippen LogP contribution in [0.3, 0.4) is 0 Å². The van der Waals surface area contributed by atoms with Crippen LogP contribution in [0.15, 0.2) is 53.0 Å². The predicted octanol–water partition coefficient (Wildman–Crippen LogP) is 4.66. The second-order valence-corrected chi connectivity index (χ2v) is 5.80. The molecule has 0 saturated heterocycles. The van der Waals surface area contributed by atoms with Crippen LogP contribution in [0.4, 0.5) is 0 Å². The SMILES string of the molecule is Brc1ccc(-c2nc(I)c3ccccc3n2)cc1. The highest BCUT2D eigenvalue weighted by molar-refractivity contribution is 14.1. The van der Waals surface area contributed by atoms with Crippen molar-refractivity contribution in [1.29, 1.82) is 0 Å². The van der Waals surface area contributed by atoms with Gasteiger partial charge in [-0.2, -0.15) is 0 Å². The number of aromatic nitrogens is 2. The molecule has 0 radical (unpaired) electrons. The zero-order chi connectivity index (χ0) is 12.5. The molecule has 2 nitrogen and oxygen atoms in total. The summed E-state index contributed by atoms with van der Waals surface area (Å²) in [6, 6.07) is 16.1. The summed E-state index contributed by atoms with van der Waals surface area (Å²) in [5, 5.41) is 1.10. The van der Waals surface area contributed by atoms with Crippen LogP contribution in [0.25, 0.3) is 22.3 Å². The van der Waals surface area contributed by atoms with Crippen molar-refractivity contribution in [2.45, 2.75) is 0 Å². The normalized spacial score (nSPS) is 10.8. The summed E-state index contributed by atoms with van der Waals surface area (Å²) in [7, 11) is 0. The number of rotatable bonds is 1. The lowest BCUT2D eigenvalue weighted by Gasteiger charge is -2.04. The molecule has 4 heteroatoms. The number of para-hydroxylation sites is 1. The van der Waals surface area contributed by atoms with E-state index in [2.05, 4.69) is 48.5 Å². The summed E-state index contributed by atoms with van der Waals surface area (Å²) in [5.41, 5.74) is 2.01. The molecule has 1 heterocycles. The second kappa shape index (κ2) is 4.93. The highest BCUT2D eigenvalue weighted by atomic mass is 127. The van der Waals surface area contributed by atoms with E-state index in [0.717, 1.165) is 30.5 Å². The van der Waals surface area contributed by atoms with E-state index in [9.17, 15) is 0 Å². The standard InChI is InChI=1S/C14H8BrIN2/c15-10-7-5-9(6-8-10)14-17-12-4-2-1-3-11(12)13(16)18-14/h1-8H. The van der Waals surface area contributed by atoms with Crippen LogP contribution in [-0.4, -0.2) is 9.97 Å². The molecule has 0 unspecified atom stereocenters. The molecule has 1 aromatic heterocycles. The Morgan fingerprint density at radius 2 is 1.61 bits per heavy atom. The lowest BCUT2D eigenvalue weighted by atomic mass is 10.2. The Hall–Kier alpha value is -1.01. The van der Waals surface area contributed by atoms with Gasteiger partial charge in [0, 0.05) is 15.4 Å². The molecular formula is C14H8BrIN2. The first-order chi connectivity index (χ1) is 8.74. The average Bonchev–Trinajstić information content (AvgIpc) is 2.39. The van der Waals surface area contributed by atoms with Gasteiger partial charge in [0.15, 0.2) is 5.82 Å². The van der Waals surface area contributed by atoms with Gasteiger partial charge in [0.1, 0.15) is 3.70 Å². The Bertz CT molecular complexity index is 711. The molecule has 3 aromatic rings. The molecule has 0 aliphatic rings. The molecule has 3 rings (SSSR count). The third kappa shape index (κ3) is 2.27. The van der Waals surface area contributed by atoms with Gasteiger partial charge in [-0.1, -0.05) is 46.3 Å². The summed E-state index contributed by atoms with van der Waals surface area (Å²) in [4.78, 5) is 9.17. The minimum Gasteiger partial charge on any atom is -0.228 e. The lowest BCUT2D eigenvalue weighted by molar-refractivity contribution is 1.20. The molecule has 0 bridgehead atoms. The summed E-state index contributed by atoms with van der Waals surface area (Å²) < 4.78 is 2.04. The van der Waals surface area contributed by atoms with Crippen molar-refractivity contribution in [3.05, 3.63) is 56.7 Å². The van der Waals surface area contributed by atoms with E-state index < -0.39 is 0 Å². The van der Waals surface area contributed by atoms with Gasteiger partial charge in [0.25, 0.3) is 0 Å². The lowest BCUT2D eigenvalue weighted by Crippen LogP contribution is -1.93. The molecule has 88 valence electrons. The van der Waals surface area contributed by atoms with E-state index in [1.165, 1.54) is 0 Å². The van der Waals surface area contributed by atoms with Crippen LogP contribution in [0.1, 0.15) is 0 Å². The van der Waals surface area contributed by atoms with Gasteiger partial charge in [-0.25, -0.2) is 9.97 Å². The molecule has 0 amide bonds. The van der Waals surface area contributed by atoms with Gasteiger partial charge in [-0.3, -0.25) is 0 Å². The molecule has 0 atom stereocenters. The Balaban J connectivity index is 2.21. The number of hydrogen-bond acceptors (Lipinski definition) is 2. The minimum absolute atomic E-state index is 0.769. The first kappa shape index (κ1) is 12.0. The van der Waals surface area contributed by atoms with Crippen molar-refractivity contribution in [3.63, 3.8) is 0 Å². The Kier molecular flexibility index (Phi) is 3.30. The third-order valence-electron chi connectivity index (χ3n) is 2.66. The quantitative estimate of drug-likeness (QED) is 0.430. The number of halogens is 2. The number of fused-ring (bicyclic) bond motifs is 1. The highest BCUT2D eigenvalue weighted by Crippen LogP contribution is 2.23. The van der Waals surface area contributed by atoms with Gasteiger partial charge < -0.3 is 0 Å². The summed E-state index contributed by atoms with van der Waals surface area (Å²) >= 11 is 5.69. The second-order valence-electron chi connectivity index (χ2n) is 3.86. The average molecular weight is 411 g/mol. The molecule has 0 N–H and O–H groups in total. The minimum atomic E-state index is 0.769. The first-order valence-electron chi connectivity index (χ1n) is 5.42. The van der Waals surface area contributed by atoms with Crippen molar-refractivity contribution >= 4 is 49.4 Å². The zero-order valence-corrected chi connectivity index (χ0v) is 13.0. The van der Waals surface area contributed by atoms with E-state index in [1.807, 2.05) is 48.5 Å². The van der Waals surface area contributed by atoms with Gasteiger partial charge in [0.05, 0.1) is 5.52 Å². The molecular weight excluding hydrogens is 403 g/mol. The van der Waals surface area contributed by atoms with Gasteiger partial charge >= 0.3 is 0 Å². The van der Waals surface area contributed by atoms with Crippen LogP contribution in [0, 0.1) is 3.70 Å². The zero-order valence-electron chi connectivity index (χ0n) is 9.27. The molecule has 0 aliphatic heterocycles. The van der Waals surface area contributed by atoms with Crippen molar-refractivity contribution in [2.24, 2.45) is 0 Å². The van der Waals surface area contributed by atoms with E-state index in [4.69, 9.17) is 0 Å². The molecule has 18 heavy (non-hydrogen) atoms. The fourth-order valence-corrected chi connectivity index (χ4v) is 2.71. The molecule has 0 aliphatic carbocycles. The van der Waals surface area contributed by atoms with Crippen LogP contribution in [0.5, 0.6) is 0 Å². The Morgan fingerprint density at radius 3 is 2.39 bits per heavy atom. The van der Waals surface area contributed by atoms with Crippen LogP contribution in [-0.2, 0) is 0 Å². The van der Waals surface area contributed by atoms with Crippen LogP contribution < -0.4 is 0 Å². The molecule has 0 fully saturated rings. The third-order valence-corrected chi connectivity index (χ3v) is 4.01.